The molecule has 2 aliphatic heterocycles. The largest absolute Gasteiger partial charge is 0.497 e. The van der Waals surface area contributed by atoms with Crippen LogP contribution in [-0.4, -0.2) is 42.1 Å². The molecule has 3 rings (SSSR count). The zero-order valence-corrected chi connectivity index (χ0v) is 14.4. The highest BCUT2D eigenvalue weighted by Gasteiger charge is 2.60. The molecule has 8 nitrogen and oxygen atoms in total. The predicted octanol–water partition coefficient (Wildman–Crippen LogP) is 0.827. The molecular formula is C15H16N4O4S. The van der Waals surface area contributed by atoms with E-state index in [1.54, 1.807) is 25.2 Å². The quantitative estimate of drug-likeness (QED) is 0.812. The van der Waals surface area contributed by atoms with Gasteiger partial charge in [0.25, 0.3) is 5.91 Å². The van der Waals surface area contributed by atoms with Gasteiger partial charge in [0, 0.05) is 26.5 Å². The normalized spacial score (nSPS) is 21.8. The van der Waals surface area contributed by atoms with E-state index < -0.39 is 10.8 Å². The Balaban J connectivity index is 2.17. The van der Waals surface area contributed by atoms with Crippen LogP contribution >= 0.6 is 11.8 Å². The number of rotatable bonds is 1. The summed E-state index contributed by atoms with van der Waals surface area (Å²) in [7, 11) is 3.16. The lowest BCUT2D eigenvalue weighted by Gasteiger charge is -2.29. The Morgan fingerprint density at radius 3 is 2.62 bits per heavy atom. The van der Waals surface area contributed by atoms with Gasteiger partial charge in [-0.2, -0.15) is 5.01 Å². The third kappa shape index (κ3) is 2.15. The van der Waals surface area contributed by atoms with Gasteiger partial charge in [0.05, 0.1) is 12.8 Å². The lowest BCUT2D eigenvalue weighted by molar-refractivity contribution is -0.139. The summed E-state index contributed by atoms with van der Waals surface area (Å²) in [5, 5.41) is 8.02. The molecule has 1 spiro atoms. The van der Waals surface area contributed by atoms with Crippen LogP contribution in [-0.2, 0) is 19.3 Å². The first-order valence-electron chi connectivity index (χ1n) is 7.14. The Labute approximate surface area is 142 Å². The Hall–Kier alpha value is -2.55. The number of amides is 3. The molecule has 9 heteroatoms. The van der Waals surface area contributed by atoms with E-state index in [1.807, 2.05) is 0 Å². The third-order valence-electron chi connectivity index (χ3n) is 3.84. The second-order valence-electron chi connectivity index (χ2n) is 5.41. The van der Waals surface area contributed by atoms with Crippen LogP contribution in [0.1, 0.15) is 19.4 Å². The van der Waals surface area contributed by atoms with Gasteiger partial charge in [-0.15, -0.1) is 5.10 Å². The second-order valence-corrected chi connectivity index (χ2v) is 6.59. The summed E-state index contributed by atoms with van der Waals surface area (Å²) < 4.78 is 5.25. The minimum absolute atomic E-state index is 0.204. The Morgan fingerprint density at radius 2 is 2.04 bits per heavy atom. The Bertz CT molecular complexity index is 794. The number of amidine groups is 1. The molecule has 126 valence electrons. The Morgan fingerprint density at radius 1 is 1.33 bits per heavy atom. The van der Waals surface area contributed by atoms with Crippen molar-refractivity contribution in [3.05, 3.63) is 23.8 Å². The van der Waals surface area contributed by atoms with Crippen LogP contribution in [0.3, 0.4) is 0 Å². The standard InChI is InChI=1S/C15H16N4O4S/c1-8(20)16-14-17-19(9(2)21)15(24-14)11-7-10(23-4)5-6-12(11)18(3)13(15)22/h5-7H,1-4H3,(H,16,17,20)/t15-/m0/s1. The summed E-state index contributed by atoms with van der Waals surface area (Å²) in [6.07, 6.45) is 0. The number of hydrogen-bond acceptors (Lipinski definition) is 6. The van der Waals surface area contributed by atoms with Gasteiger partial charge in [0.1, 0.15) is 5.75 Å². The van der Waals surface area contributed by atoms with E-state index in [2.05, 4.69) is 10.4 Å². The van der Waals surface area contributed by atoms with Crippen molar-refractivity contribution >= 4 is 40.3 Å². The topological polar surface area (TPSA) is 91.3 Å². The van der Waals surface area contributed by atoms with Crippen LogP contribution in [0.25, 0.3) is 0 Å². The van der Waals surface area contributed by atoms with E-state index in [0.29, 0.717) is 17.0 Å². The van der Waals surface area contributed by atoms with Crippen molar-refractivity contribution in [1.29, 1.82) is 0 Å². The first-order chi connectivity index (χ1) is 11.3. The molecular weight excluding hydrogens is 332 g/mol. The molecule has 0 fully saturated rings. The first-order valence-corrected chi connectivity index (χ1v) is 7.95. The van der Waals surface area contributed by atoms with E-state index in [0.717, 1.165) is 16.8 Å². The van der Waals surface area contributed by atoms with Crippen molar-refractivity contribution in [1.82, 2.24) is 10.3 Å². The molecule has 1 N–H and O–H groups in total. The van der Waals surface area contributed by atoms with E-state index in [1.165, 1.54) is 25.9 Å². The summed E-state index contributed by atoms with van der Waals surface area (Å²) in [6.45, 7) is 2.67. The number of likely N-dealkylation sites (N-methyl/N-ethyl adjacent to an activating group) is 1. The van der Waals surface area contributed by atoms with E-state index in [-0.39, 0.29) is 17.0 Å². The van der Waals surface area contributed by atoms with Crippen LogP contribution in [0, 0.1) is 0 Å². The minimum atomic E-state index is -1.37. The highest BCUT2D eigenvalue weighted by Crippen LogP contribution is 2.54. The molecule has 1 atom stereocenters. The number of carbonyl (C=O) groups is 3. The third-order valence-corrected chi connectivity index (χ3v) is 5.08. The number of carbonyl (C=O) groups excluding carboxylic acids is 3. The van der Waals surface area contributed by atoms with Crippen molar-refractivity contribution < 1.29 is 19.1 Å². The number of anilines is 1. The van der Waals surface area contributed by atoms with Gasteiger partial charge in [-0.1, -0.05) is 0 Å². The zero-order chi connectivity index (χ0) is 17.6. The summed E-state index contributed by atoms with van der Waals surface area (Å²) in [5.41, 5.74) is 1.26. The Kier molecular flexibility index (Phi) is 3.75. The number of benzene rings is 1. The number of fused-ring (bicyclic) bond motifs is 2. The summed E-state index contributed by atoms with van der Waals surface area (Å²) in [6, 6.07) is 5.22. The second kappa shape index (κ2) is 5.52. The van der Waals surface area contributed by atoms with Crippen molar-refractivity contribution in [2.24, 2.45) is 5.10 Å². The van der Waals surface area contributed by atoms with Gasteiger partial charge < -0.3 is 15.0 Å². The molecule has 0 aliphatic carbocycles. The van der Waals surface area contributed by atoms with Crippen LogP contribution in [0.15, 0.2) is 23.3 Å². The maximum atomic E-state index is 13.0. The van der Waals surface area contributed by atoms with Gasteiger partial charge in [-0.25, -0.2) is 0 Å². The van der Waals surface area contributed by atoms with Gasteiger partial charge in [-0.05, 0) is 30.0 Å². The van der Waals surface area contributed by atoms with E-state index >= 15 is 0 Å². The molecule has 24 heavy (non-hydrogen) atoms. The van der Waals surface area contributed by atoms with Crippen molar-refractivity contribution in [3.63, 3.8) is 0 Å². The molecule has 2 aliphatic rings. The fourth-order valence-corrected chi connectivity index (χ4v) is 4.17. The minimum Gasteiger partial charge on any atom is -0.497 e. The number of hydrazone groups is 1. The number of nitrogens with one attached hydrogen (secondary N) is 1. The fraction of sp³-hybridized carbons (Fsp3) is 0.333. The fourth-order valence-electron chi connectivity index (χ4n) is 2.82. The molecule has 1 aromatic carbocycles. The summed E-state index contributed by atoms with van der Waals surface area (Å²) in [4.78, 5) is 36.6. The summed E-state index contributed by atoms with van der Waals surface area (Å²) in [5.74, 6) is -0.477. The zero-order valence-electron chi connectivity index (χ0n) is 13.6. The maximum Gasteiger partial charge on any atom is 0.270 e. The van der Waals surface area contributed by atoms with Gasteiger partial charge in [-0.3, -0.25) is 14.4 Å². The van der Waals surface area contributed by atoms with Crippen LogP contribution < -0.4 is 15.0 Å². The lowest BCUT2D eigenvalue weighted by atomic mass is 10.1. The van der Waals surface area contributed by atoms with E-state index in [4.69, 9.17) is 4.74 Å². The average molecular weight is 348 g/mol. The van der Waals surface area contributed by atoms with Gasteiger partial charge in [0.2, 0.25) is 16.7 Å². The average Bonchev–Trinajstić information content (AvgIpc) is 3.00. The van der Waals surface area contributed by atoms with Crippen molar-refractivity contribution in [3.8, 4) is 5.75 Å². The SMILES string of the molecule is COc1ccc2c(c1)[C@]1(SC(NC(C)=O)=NN1C(C)=O)C(=O)N2C. The predicted molar refractivity (Wildman–Crippen MR) is 89.4 cm³/mol. The molecule has 0 radical (unpaired) electrons. The number of methoxy groups -OCH3 is 1. The van der Waals surface area contributed by atoms with Crippen molar-refractivity contribution in [2.75, 3.05) is 19.1 Å². The molecule has 2 heterocycles. The smallest absolute Gasteiger partial charge is 0.270 e. The monoisotopic (exact) mass is 348 g/mol. The number of hydrogen-bond donors (Lipinski definition) is 1. The first kappa shape index (κ1) is 16.3. The molecule has 0 aromatic heterocycles. The molecule has 1 aromatic rings. The molecule has 0 unspecified atom stereocenters. The molecule has 0 bridgehead atoms. The van der Waals surface area contributed by atoms with Crippen LogP contribution in [0.5, 0.6) is 5.75 Å². The highest BCUT2D eigenvalue weighted by molar-refractivity contribution is 8.15. The van der Waals surface area contributed by atoms with Crippen LogP contribution in [0.2, 0.25) is 0 Å². The van der Waals surface area contributed by atoms with Gasteiger partial charge >= 0.3 is 0 Å². The number of thioether (sulfide) groups is 1. The molecule has 3 amide bonds. The van der Waals surface area contributed by atoms with Crippen LogP contribution in [0.4, 0.5) is 5.69 Å². The van der Waals surface area contributed by atoms with E-state index in [9.17, 15) is 14.4 Å². The van der Waals surface area contributed by atoms with Crippen molar-refractivity contribution in [2.45, 2.75) is 18.7 Å². The highest BCUT2D eigenvalue weighted by atomic mass is 32.2. The maximum absolute atomic E-state index is 13.0. The lowest BCUT2D eigenvalue weighted by Crippen LogP contribution is -2.47. The number of ether oxygens (including phenoxy) is 1. The molecule has 0 saturated heterocycles. The number of nitrogens with zero attached hydrogens (tertiary/aromatic N) is 3. The summed E-state index contributed by atoms with van der Waals surface area (Å²) >= 11 is 1.04. The van der Waals surface area contributed by atoms with Gasteiger partial charge in [0.15, 0.2) is 5.17 Å². The molecule has 0 saturated carbocycles.